The summed E-state index contributed by atoms with van der Waals surface area (Å²) in [5.41, 5.74) is -1.02. The molecule has 1 aromatic rings. The van der Waals surface area contributed by atoms with E-state index in [9.17, 15) is 18.5 Å². The van der Waals surface area contributed by atoms with E-state index in [-0.39, 0.29) is 10.6 Å². The number of rotatable bonds is 4. The first-order valence-electron chi connectivity index (χ1n) is 6.43. The van der Waals surface area contributed by atoms with E-state index < -0.39 is 31.1 Å². The highest BCUT2D eigenvalue weighted by Gasteiger charge is 2.36. The molecule has 1 aliphatic rings. The molecule has 0 aliphatic heterocycles. The van der Waals surface area contributed by atoms with Crippen molar-refractivity contribution >= 4 is 26.9 Å². The zero-order chi connectivity index (χ0) is 17.4. The highest BCUT2D eigenvalue weighted by molar-refractivity contribution is 7.96. The maximum atomic E-state index is 12.7. The highest BCUT2D eigenvalue weighted by atomic mass is 32.2. The molecule has 0 saturated heterocycles. The Balaban J connectivity index is 2.64. The summed E-state index contributed by atoms with van der Waals surface area (Å²) in [5.74, 6) is 0. The lowest BCUT2D eigenvalue weighted by Crippen LogP contribution is -2.26. The lowest BCUT2D eigenvalue weighted by Gasteiger charge is -2.15. The second kappa shape index (κ2) is 5.76. The van der Waals surface area contributed by atoms with Crippen LogP contribution in [0.1, 0.15) is 0 Å². The number of hydrogen-bond donors (Lipinski definition) is 2. The molecule has 0 amide bonds. The first-order chi connectivity index (χ1) is 10.7. The van der Waals surface area contributed by atoms with Crippen molar-refractivity contribution in [3.05, 3.63) is 57.1 Å². The Morgan fingerprint density at radius 1 is 1.09 bits per heavy atom. The Kier molecular flexibility index (Phi) is 4.15. The number of hydrogen-bond acceptors (Lipinski definition) is 7. The van der Waals surface area contributed by atoms with Crippen LogP contribution >= 0.6 is 0 Å². The molecule has 0 aromatic heterocycles. The van der Waals surface area contributed by atoms with Gasteiger partial charge in [0.2, 0.25) is 9.84 Å². The molecule has 0 bridgehead atoms. The molecule has 0 heterocycles. The zero-order valence-corrected chi connectivity index (χ0v) is 13.2. The van der Waals surface area contributed by atoms with Crippen molar-refractivity contribution in [1.82, 2.24) is 0 Å². The molecule has 0 saturated carbocycles. The molecule has 0 unspecified atom stereocenters. The van der Waals surface area contributed by atoms with E-state index in [1.54, 1.807) is 31.1 Å². The van der Waals surface area contributed by atoms with Crippen LogP contribution in [-0.4, -0.2) is 38.9 Å². The van der Waals surface area contributed by atoms with Crippen LogP contribution in [0.25, 0.3) is 0 Å². The van der Waals surface area contributed by atoms with E-state index in [2.05, 4.69) is 0 Å². The van der Waals surface area contributed by atoms with Crippen LogP contribution in [-0.2, 0) is 9.84 Å². The van der Waals surface area contributed by atoms with E-state index in [0.29, 0.717) is 0 Å². The summed E-state index contributed by atoms with van der Waals surface area (Å²) in [6.45, 7) is 0. The van der Waals surface area contributed by atoms with Gasteiger partial charge in [-0.3, -0.25) is 20.9 Å². The third-order valence-electron chi connectivity index (χ3n) is 3.27. The van der Waals surface area contributed by atoms with Gasteiger partial charge in [0.1, 0.15) is 5.71 Å². The molecule has 8 nitrogen and oxygen atoms in total. The molecule has 0 spiro atoms. The average Bonchev–Trinajstić information content (AvgIpc) is 2.49. The van der Waals surface area contributed by atoms with Gasteiger partial charge in [-0.1, -0.05) is 0 Å². The number of nitro groups is 1. The number of sulfone groups is 1. The van der Waals surface area contributed by atoms with Crippen molar-refractivity contribution in [3.8, 4) is 0 Å². The van der Waals surface area contributed by atoms with E-state index in [1.165, 1.54) is 12.1 Å². The summed E-state index contributed by atoms with van der Waals surface area (Å²) in [7, 11) is -0.695. The van der Waals surface area contributed by atoms with E-state index in [1.807, 2.05) is 0 Å². The van der Waals surface area contributed by atoms with E-state index in [4.69, 9.17) is 10.8 Å². The van der Waals surface area contributed by atoms with Crippen LogP contribution in [0.5, 0.6) is 0 Å². The van der Waals surface area contributed by atoms with Crippen LogP contribution in [0, 0.1) is 20.9 Å². The predicted octanol–water partition coefficient (Wildman–Crippen LogP) is 1.62. The van der Waals surface area contributed by atoms with E-state index in [0.717, 1.165) is 17.8 Å². The lowest BCUT2D eigenvalue weighted by atomic mass is 10.1. The molecular formula is C14H14N4O4S. The first-order valence-corrected chi connectivity index (χ1v) is 7.91. The summed E-state index contributed by atoms with van der Waals surface area (Å²) in [6, 6.07) is 5.77. The fourth-order valence-electron chi connectivity index (χ4n) is 2.03. The van der Waals surface area contributed by atoms with Gasteiger partial charge in [0, 0.05) is 25.9 Å². The van der Waals surface area contributed by atoms with Gasteiger partial charge in [0.05, 0.1) is 15.5 Å². The van der Waals surface area contributed by atoms with Crippen LogP contribution in [0.15, 0.2) is 51.9 Å². The van der Waals surface area contributed by atoms with Gasteiger partial charge < -0.3 is 4.90 Å². The third-order valence-corrected chi connectivity index (χ3v) is 5.11. The minimum atomic E-state index is -4.28. The topological polar surface area (TPSA) is 128 Å². The largest absolute Gasteiger partial charge is 0.378 e. The van der Waals surface area contributed by atoms with Gasteiger partial charge in [-0.15, -0.1) is 0 Å². The van der Waals surface area contributed by atoms with Gasteiger partial charge in [-0.25, -0.2) is 8.42 Å². The highest BCUT2D eigenvalue weighted by Crippen LogP contribution is 2.28. The molecule has 2 rings (SSSR count). The Bertz CT molecular complexity index is 865. The van der Waals surface area contributed by atoms with Crippen LogP contribution in [0.3, 0.4) is 0 Å². The van der Waals surface area contributed by atoms with Crippen molar-refractivity contribution in [1.29, 1.82) is 10.8 Å². The smallest absolute Gasteiger partial charge is 0.290 e. The number of allylic oxidation sites excluding steroid dienone is 3. The van der Waals surface area contributed by atoms with Crippen LogP contribution in [0.4, 0.5) is 5.69 Å². The van der Waals surface area contributed by atoms with Crippen molar-refractivity contribution in [3.63, 3.8) is 0 Å². The summed E-state index contributed by atoms with van der Waals surface area (Å²) in [6.07, 6.45) is 1.97. The standard InChI is InChI=1S/C14H14N4O4S/c1-17(2)9-3-5-10(6-4-9)23(21,22)14-12(18(19)20)8-7-11(15)13(14)16/h3-8,15-16H,1-2H3. The monoisotopic (exact) mass is 334 g/mol. The molecule has 1 aliphatic carbocycles. The Labute approximate surface area is 132 Å². The molecule has 2 N–H and O–H groups in total. The fraction of sp³-hybridized carbons (Fsp3) is 0.143. The Morgan fingerprint density at radius 2 is 1.65 bits per heavy atom. The SMILES string of the molecule is CN(C)c1ccc(S(=O)(=O)C2=C([N+](=O)[O-])C=CC(=N)C2=N)cc1. The quantitative estimate of drug-likeness (QED) is 0.491. The molecular weight excluding hydrogens is 320 g/mol. The van der Waals surface area contributed by atoms with Crippen molar-refractivity contribution < 1.29 is 13.3 Å². The van der Waals surface area contributed by atoms with Crippen molar-refractivity contribution in [2.45, 2.75) is 4.90 Å². The Hall–Kier alpha value is -2.81. The third kappa shape index (κ3) is 2.90. The maximum absolute atomic E-state index is 12.7. The van der Waals surface area contributed by atoms with Gasteiger partial charge in [0.25, 0.3) is 5.70 Å². The number of nitrogens with one attached hydrogen (secondary N) is 2. The molecule has 120 valence electrons. The molecule has 23 heavy (non-hydrogen) atoms. The average molecular weight is 334 g/mol. The van der Waals surface area contributed by atoms with E-state index >= 15 is 0 Å². The number of anilines is 1. The summed E-state index contributed by atoms with van der Waals surface area (Å²) in [4.78, 5) is 11.1. The van der Waals surface area contributed by atoms with Crippen molar-refractivity contribution in [2.24, 2.45) is 0 Å². The van der Waals surface area contributed by atoms with Crippen molar-refractivity contribution in [2.75, 3.05) is 19.0 Å². The second-order valence-electron chi connectivity index (χ2n) is 4.99. The second-order valence-corrected chi connectivity index (χ2v) is 6.87. The minimum absolute atomic E-state index is 0.162. The van der Waals surface area contributed by atoms with Gasteiger partial charge in [-0.05, 0) is 30.3 Å². The number of benzene rings is 1. The Morgan fingerprint density at radius 3 is 2.13 bits per heavy atom. The van der Waals surface area contributed by atoms with Gasteiger partial charge in [0.15, 0.2) is 4.91 Å². The molecule has 0 radical (unpaired) electrons. The predicted molar refractivity (Wildman–Crippen MR) is 86.6 cm³/mol. The summed E-state index contributed by atoms with van der Waals surface area (Å²) in [5, 5.41) is 26.4. The van der Waals surface area contributed by atoms with Crippen LogP contribution in [0.2, 0.25) is 0 Å². The van der Waals surface area contributed by atoms with Crippen LogP contribution < -0.4 is 4.90 Å². The molecule has 0 atom stereocenters. The first kappa shape index (κ1) is 16.6. The molecule has 0 fully saturated rings. The molecule has 9 heteroatoms. The number of nitrogens with zero attached hydrogens (tertiary/aromatic N) is 2. The van der Waals surface area contributed by atoms with Gasteiger partial charge in [-0.2, -0.15) is 0 Å². The normalized spacial score (nSPS) is 15.0. The summed E-state index contributed by atoms with van der Waals surface area (Å²) >= 11 is 0. The molecule has 1 aromatic carbocycles. The fourth-order valence-corrected chi connectivity index (χ4v) is 3.56. The maximum Gasteiger partial charge on any atom is 0.290 e. The zero-order valence-electron chi connectivity index (χ0n) is 12.4. The summed E-state index contributed by atoms with van der Waals surface area (Å²) < 4.78 is 25.4. The van der Waals surface area contributed by atoms with Gasteiger partial charge >= 0.3 is 0 Å². The lowest BCUT2D eigenvalue weighted by molar-refractivity contribution is -0.419. The minimum Gasteiger partial charge on any atom is -0.378 e.